The Kier molecular flexibility index (Phi) is 2.68. The van der Waals surface area contributed by atoms with Crippen molar-refractivity contribution in [1.29, 1.82) is 5.26 Å². The van der Waals surface area contributed by atoms with Crippen molar-refractivity contribution in [3.63, 3.8) is 0 Å². The highest BCUT2D eigenvalue weighted by Crippen LogP contribution is 2.49. The molecule has 2 aromatic rings. The van der Waals surface area contributed by atoms with Gasteiger partial charge < -0.3 is 0 Å². The summed E-state index contributed by atoms with van der Waals surface area (Å²) >= 11 is 1.61. The lowest BCUT2D eigenvalue weighted by Crippen LogP contribution is -2.01. The number of nitriles is 1. The Morgan fingerprint density at radius 2 is 2.06 bits per heavy atom. The average Bonchev–Trinajstić information content (AvgIpc) is 3.08. The molecular formula is C15H14N2S. The number of aryl methyl sites for hydroxylation is 1. The molecule has 0 amide bonds. The molecule has 0 radical (unpaired) electrons. The first-order valence-corrected chi connectivity index (χ1v) is 7.12. The molecule has 1 saturated carbocycles. The molecule has 1 fully saturated rings. The predicted molar refractivity (Wildman–Crippen MR) is 73.5 cm³/mol. The van der Waals surface area contributed by atoms with E-state index in [-0.39, 0.29) is 5.41 Å². The van der Waals surface area contributed by atoms with Gasteiger partial charge in [-0.05, 0) is 24.8 Å². The van der Waals surface area contributed by atoms with Crippen molar-refractivity contribution in [3.8, 4) is 17.3 Å². The van der Waals surface area contributed by atoms with Gasteiger partial charge in [0.25, 0.3) is 0 Å². The second-order valence-corrected chi connectivity index (χ2v) is 5.64. The van der Waals surface area contributed by atoms with Crippen LogP contribution in [0, 0.1) is 11.3 Å². The molecule has 0 saturated heterocycles. The minimum atomic E-state index is -0.258. The molecule has 0 N–H and O–H groups in total. The van der Waals surface area contributed by atoms with E-state index in [0.717, 1.165) is 35.5 Å². The fourth-order valence-corrected chi connectivity index (χ4v) is 3.07. The standard InChI is InChI=1S/C15H14N2S/c1-2-11-3-5-12(6-4-11)13-9-18-14(17-13)15(10-16)7-8-15/h3-6,9H,2,7-8H2,1H3. The van der Waals surface area contributed by atoms with Gasteiger partial charge in [-0.3, -0.25) is 0 Å². The molecule has 0 spiro atoms. The van der Waals surface area contributed by atoms with Gasteiger partial charge in [0, 0.05) is 10.9 Å². The van der Waals surface area contributed by atoms with Gasteiger partial charge in [0.15, 0.2) is 0 Å². The Balaban J connectivity index is 1.91. The topological polar surface area (TPSA) is 36.7 Å². The third-order valence-electron chi connectivity index (χ3n) is 3.54. The van der Waals surface area contributed by atoms with Gasteiger partial charge in [-0.25, -0.2) is 4.98 Å². The van der Waals surface area contributed by atoms with Gasteiger partial charge in [-0.2, -0.15) is 5.26 Å². The molecule has 3 rings (SSSR count). The summed E-state index contributed by atoms with van der Waals surface area (Å²) in [5.74, 6) is 0. The van der Waals surface area contributed by atoms with E-state index in [0.29, 0.717) is 0 Å². The lowest BCUT2D eigenvalue weighted by molar-refractivity contribution is 0.891. The van der Waals surface area contributed by atoms with E-state index in [4.69, 9.17) is 0 Å². The first kappa shape index (κ1) is 11.4. The van der Waals surface area contributed by atoms with Gasteiger partial charge in [-0.15, -0.1) is 11.3 Å². The smallest absolute Gasteiger partial charge is 0.114 e. The quantitative estimate of drug-likeness (QED) is 0.832. The maximum absolute atomic E-state index is 9.17. The molecule has 3 heteroatoms. The Morgan fingerprint density at radius 1 is 1.33 bits per heavy atom. The number of benzene rings is 1. The van der Waals surface area contributed by atoms with Crippen LogP contribution in [-0.2, 0) is 11.8 Å². The van der Waals surface area contributed by atoms with Crippen LogP contribution >= 0.6 is 11.3 Å². The van der Waals surface area contributed by atoms with Crippen LogP contribution in [0.5, 0.6) is 0 Å². The lowest BCUT2D eigenvalue weighted by Gasteiger charge is -2.00. The van der Waals surface area contributed by atoms with Crippen LogP contribution < -0.4 is 0 Å². The van der Waals surface area contributed by atoms with Crippen molar-refractivity contribution in [1.82, 2.24) is 4.98 Å². The fourth-order valence-electron chi connectivity index (χ4n) is 2.04. The van der Waals surface area contributed by atoms with Crippen molar-refractivity contribution in [2.45, 2.75) is 31.6 Å². The first-order chi connectivity index (χ1) is 8.77. The summed E-state index contributed by atoms with van der Waals surface area (Å²) in [6, 6.07) is 10.9. The molecule has 2 nitrogen and oxygen atoms in total. The normalized spacial score (nSPS) is 16.2. The van der Waals surface area contributed by atoms with Crippen LogP contribution in [0.3, 0.4) is 0 Å². The summed E-state index contributed by atoms with van der Waals surface area (Å²) in [7, 11) is 0. The maximum Gasteiger partial charge on any atom is 0.114 e. The van der Waals surface area contributed by atoms with E-state index >= 15 is 0 Å². The molecule has 0 unspecified atom stereocenters. The second kappa shape index (κ2) is 4.22. The average molecular weight is 254 g/mol. The predicted octanol–water partition coefficient (Wildman–Crippen LogP) is 3.93. The SMILES string of the molecule is CCc1ccc(-c2csc(C3(C#N)CC3)n2)cc1. The van der Waals surface area contributed by atoms with Crippen LogP contribution in [0.1, 0.15) is 30.3 Å². The van der Waals surface area contributed by atoms with Crippen molar-refractivity contribution < 1.29 is 0 Å². The van der Waals surface area contributed by atoms with E-state index in [1.54, 1.807) is 11.3 Å². The maximum atomic E-state index is 9.17. The summed E-state index contributed by atoms with van der Waals surface area (Å²) in [5, 5.41) is 12.2. The molecule has 1 aromatic carbocycles. The number of hydrogen-bond acceptors (Lipinski definition) is 3. The van der Waals surface area contributed by atoms with Gasteiger partial charge >= 0.3 is 0 Å². The molecule has 0 atom stereocenters. The van der Waals surface area contributed by atoms with Gasteiger partial charge in [0.2, 0.25) is 0 Å². The van der Waals surface area contributed by atoms with E-state index in [2.05, 4.69) is 47.6 Å². The summed E-state index contributed by atoms with van der Waals surface area (Å²) in [6.07, 6.45) is 2.98. The fraction of sp³-hybridized carbons (Fsp3) is 0.333. The number of nitrogens with zero attached hydrogens (tertiary/aromatic N) is 2. The van der Waals surface area contributed by atoms with Gasteiger partial charge in [-0.1, -0.05) is 31.2 Å². The highest BCUT2D eigenvalue weighted by Gasteiger charge is 2.47. The molecule has 1 aliphatic carbocycles. The summed E-state index contributed by atoms with van der Waals surface area (Å²) < 4.78 is 0. The monoisotopic (exact) mass is 254 g/mol. The number of thiazole rings is 1. The molecular weight excluding hydrogens is 240 g/mol. The molecule has 90 valence electrons. The van der Waals surface area contributed by atoms with E-state index in [1.165, 1.54) is 5.56 Å². The van der Waals surface area contributed by atoms with Crippen LogP contribution in [0.4, 0.5) is 0 Å². The zero-order valence-corrected chi connectivity index (χ0v) is 11.1. The number of hydrogen-bond donors (Lipinski definition) is 0. The van der Waals surface area contributed by atoms with Crippen molar-refractivity contribution in [2.75, 3.05) is 0 Å². The number of rotatable bonds is 3. The lowest BCUT2D eigenvalue weighted by atomic mass is 10.1. The Bertz CT molecular complexity index is 600. The third kappa shape index (κ3) is 1.83. The zero-order chi connectivity index (χ0) is 12.6. The van der Waals surface area contributed by atoms with Crippen LogP contribution in [0.15, 0.2) is 29.6 Å². The Labute approximate surface area is 111 Å². The third-order valence-corrected chi connectivity index (χ3v) is 4.58. The first-order valence-electron chi connectivity index (χ1n) is 6.24. The molecule has 1 aliphatic rings. The molecule has 0 aliphatic heterocycles. The summed E-state index contributed by atoms with van der Waals surface area (Å²) in [4.78, 5) is 4.64. The molecule has 1 heterocycles. The highest BCUT2D eigenvalue weighted by atomic mass is 32.1. The van der Waals surface area contributed by atoms with Crippen LogP contribution in [0.2, 0.25) is 0 Å². The largest absolute Gasteiger partial charge is 0.240 e. The molecule has 1 aromatic heterocycles. The van der Waals surface area contributed by atoms with Crippen LogP contribution in [0.25, 0.3) is 11.3 Å². The van der Waals surface area contributed by atoms with E-state index < -0.39 is 0 Å². The molecule has 18 heavy (non-hydrogen) atoms. The van der Waals surface area contributed by atoms with Gasteiger partial charge in [0.1, 0.15) is 10.4 Å². The number of aromatic nitrogens is 1. The Morgan fingerprint density at radius 3 is 2.61 bits per heavy atom. The summed E-state index contributed by atoms with van der Waals surface area (Å²) in [5.41, 5.74) is 3.22. The van der Waals surface area contributed by atoms with E-state index in [9.17, 15) is 5.26 Å². The molecule has 0 bridgehead atoms. The second-order valence-electron chi connectivity index (χ2n) is 4.78. The summed E-state index contributed by atoms with van der Waals surface area (Å²) in [6.45, 7) is 2.15. The van der Waals surface area contributed by atoms with Gasteiger partial charge in [0.05, 0.1) is 11.8 Å². The van der Waals surface area contributed by atoms with Crippen LogP contribution in [-0.4, -0.2) is 4.98 Å². The van der Waals surface area contributed by atoms with Crippen molar-refractivity contribution in [2.24, 2.45) is 0 Å². The highest BCUT2D eigenvalue weighted by molar-refractivity contribution is 7.10. The van der Waals surface area contributed by atoms with E-state index in [1.807, 2.05) is 0 Å². The zero-order valence-electron chi connectivity index (χ0n) is 10.3. The minimum Gasteiger partial charge on any atom is -0.240 e. The Hall–Kier alpha value is -1.66. The van der Waals surface area contributed by atoms with Crippen molar-refractivity contribution >= 4 is 11.3 Å². The minimum absolute atomic E-state index is 0.258. The van der Waals surface area contributed by atoms with Crippen molar-refractivity contribution in [3.05, 3.63) is 40.2 Å².